The van der Waals surface area contributed by atoms with Gasteiger partial charge in [0.1, 0.15) is 0 Å². The van der Waals surface area contributed by atoms with Gasteiger partial charge in [0.15, 0.2) is 0 Å². The summed E-state index contributed by atoms with van der Waals surface area (Å²) in [7, 11) is 0. The van der Waals surface area contributed by atoms with E-state index in [0.717, 1.165) is 18.9 Å². The van der Waals surface area contributed by atoms with Crippen molar-refractivity contribution in [2.75, 3.05) is 26.3 Å². The fourth-order valence-corrected chi connectivity index (χ4v) is 1.78. The van der Waals surface area contributed by atoms with Crippen LogP contribution >= 0.6 is 0 Å². The van der Waals surface area contributed by atoms with Gasteiger partial charge in [-0.15, -0.1) is 0 Å². The third-order valence-electron chi connectivity index (χ3n) is 3.41. The number of carboxylic acids is 1. The van der Waals surface area contributed by atoms with E-state index in [0.29, 0.717) is 13.2 Å². The molecule has 20 heavy (non-hydrogen) atoms. The summed E-state index contributed by atoms with van der Waals surface area (Å²) in [6.45, 7) is 5.83. The van der Waals surface area contributed by atoms with Crippen molar-refractivity contribution in [3.63, 3.8) is 0 Å². The summed E-state index contributed by atoms with van der Waals surface area (Å²) in [6.07, 6.45) is 3.33. The summed E-state index contributed by atoms with van der Waals surface area (Å²) in [4.78, 5) is 22.4. The Kier molecular flexibility index (Phi) is 7.36. The van der Waals surface area contributed by atoms with Crippen molar-refractivity contribution in [3.05, 3.63) is 0 Å². The number of hydrogen-bond donors (Lipinski definition) is 3. The first-order valence-corrected chi connectivity index (χ1v) is 7.33. The van der Waals surface area contributed by atoms with Crippen molar-refractivity contribution in [1.29, 1.82) is 0 Å². The van der Waals surface area contributed by atoms with Crippen LogP contribution in [0.5, 0.6) is 0 Å². The van der Waals surface area contributed by atoms with E-state index < -0.39 is 11.9 Å². The summed E-state index contributed by atoms with van der Waals surface area (Å²) in [6, 6.07) is -0.320. The van der Waals surface area contributed by atoms with Gasteiger partial charge in [0.25, 0.3) is 0 Å². The normalized spacial score (nSPS) is 15.9. The van der Waals surface area contributed by atoms with Crippen LogP contribution in [0.2, 0.25) is 0 Å². The first-order chi connectivity index (χ1) is 9.50. The molecule has 1 atom stereocenters. The second-order valence-electron chi connectivity index (χ2n) is 5.70. The van der Waals surface area contributed by atoms with Crippen LogP contribution in [0.1, 0.15) is 33.1 Å². The molecule has 0 aromatic heterocycles. The summed E-state index contributed by atoms with van der Waals surface area (Å²) in [5.41, 5.74) is 0. The van der Waals surface area contributed by atoms with Crippen LogP contribution in [-0.2, 0) is 9.53 Å². The van der Waals surface area contributed by atoms with Gasteiger partial charge in [-0.1, -0.05) is 13.8 Å². The molecule has 0 aliphatic heterocycles. The number of aliphatic carboxylic acids is 1. The van der Waals surface area contributed by atoms with Gasteiger partial charge in [-0.25, -0.2) is 4.79 Å². The fraction of sp³-hybridized carbons (Fsp3) is 0.857. The van der Waals surface area contributed by atoms with Crippen LogP contribution in [-0.4, -0.2) is 43.4 Å². The Morgan fingerprint density at radius 3 is 2.55 bits per heavy atom. The molecule has 0 spiro atoms. The van der Waals surface area contributed by atoms with Crippen LogP contribution in [0.15, 0.2) is 0 Å². The van der Waals surface area contributed by atoms with Gasteiger partial charge < -0.3 is 20.5 Å². The highest BCUT2D eigenvalue weighted by Gasteiger charge is 2.22. The van der Waals surface area contributed by atoms with Gasteiger partial charge in [0.2, 0.25) is 0 Å². The molecule has 116 valence electrons. The Hall–Kier alpha value is -1.30. The third kappa shape index (κ3) is 7.33. The largest absolute Gasteiger partial charge is 0.481 e. The van der Waals surface area contributed by atoms with Crippen molar-refractivity contribution in [3.8, 4) is 0 Å². The van der Waals surface area contributed by atoms with Crippen molar-refractivity contribution in [2.24, 2.45) is 17.8 Å². The Balaban J connectivity index is 1.99. The molecule has 1 fully saturated rings. The predicted molar refractivity (Wildman–Crippen MR) is 75.5 cm³/mol. The summed E-state index contributed by atoms with van der Waals surface area (Å²) in [5.74, 6) is -0.685. The standard InChI is InChI=1S/C14H26N2O4/c1-10(2)12(13(17)18)8-16-14(19)15-6-3-7-20-9-11-4-5-11/h10-12H,3-9H2,1-2H3,(H,17,18)(H2,15,16,19). The molecule has 3 N–H and O–H groups in total. The number of hydrogen-bond acceptors (Lipinski definition) is 3. The quantitative estimate of drug-likeness (QED) is 0.531. The topological polar surface area (TPSA) is 87.7 Å². The predicted octanol–water partition coefficient (Wildman–Crippen LogP) is 1.46. The fourth-order valence-electron chi connectivity index (χ4n) is 1.78. The highest BCUT2D eigenvalue weighted by Crippen LogP contribution is 2.28. The molecule has 0 saturated heterocycles. The number of rotatable bonds is 10. The van der Waals surface area contributed by atoms with Gasteiger partial charge in [0, 0.05) is 26.3 Å². The number of urea groups is 1. The second-order valence-corrected chi connectivity index (χ2v) is 5.70. The molecule has 0 radical (unpaired) electrons. The molecule has 6 nitrogen and oxygen atoms in total. The molecule has 0 heterocycles. The molecule has 0 aromatic rings. The molecular formula is C14H26N2O4. The van der Waals surface area contributed by atoms with E-state index in [9.17, 15) is 9.59 Å². The van der Waals surface area contributed by atoms with Gasteiger partial charge in [-0.2, -0.15) is 0 Å². The number of carbonyl (C=O) groups excluding carboxylic acids is 1. The van der Waals surface area contributed by atoms with Crippen molar-refractivity contribution >= 4 is 12.0 Å². The van der Waals surface area contributed by atoms with Gasteiger partial charge in [-0.3, -0.25) is 4.79 Å². The number of amides is 2. The lowest BCUT2D eigenvalue weighted by Crippen LogP contribution is -2.41. The molecule has 1 rings (SSSR count). The summed E-state index contributed by atoms with van der Waals surface area (Å²) in [5, 5.41) is 14.3. The second kappa shape index (κ2) is 8.79. The van der Waals surface area contributed by atoms with E-state index in [1.807, 2.05) is 13.8 Å². The smallest absolute Gasteiger partial charge is 0.314 e. The van der Waals surface area contributed by atoms with Crippen LogP contribution in [0.4, 0.5) is 4.79 Å². The zero-order chi connectivity index (χ0) is 15.0. The molecule has 1 unspecified atom stereocenters. The summed E-state index contributed by atoms with van der Waals surface area (Å²) < 4.78 is 5.45. The van der Waals surface area contributed by atoms with E-state index >= 15 is 0 Å². The van der Waals surface area contributed by atoms with E-state index in [1.54, 1.807) is 0 Å². The monoisotopic (exact) mass is 286 g/mol. The molecule has 2 amide bonds. The Morgan fingerprint density at radius 2 is 2.00 bits per heavy atom. The van der Waals surface area contributed by atoms with E-state index in [-0.39, 0.29) is 18.5 Å². The van der Waals surface area contributed by atoms with E-state index in [4.69, 9.17) is 9.84 Å². The molecule has 0 bridgehead atoms. The van der Waals surface area contributed by atoms with Crippen LogP contribution in [0, 0.1) is 17.8 Å². The zero-order valence-corrected chi connectivity index (χ0v) is 12.4. The molecular weight excluding hydrogens is 260 g/mol. The van der Waals surface area contributed by atoms with Crippen molar-refractivity contribution < 1.29 is 19.4 Å². The highest BCUT2D eigenvalue weighted by atomic mass is 16.5. The zero-order valence-electron chi connectivity index (χ0n) is 12.4. The molecule has 1 aliphatic rings. The lowest BCUT2D eigenvalue weighted by molar-refractivity contribution is -0.142. The molecule has 1 aliphatic carbocycles. The van der Waals surface area contributed by atoms with Crippen LogP contribution < -0.4 is 10.6 Å². The average Bonchev–Trinajstić information content (AvgIpc) is 3.16. The molecule has 0 aromatic carbocycles. The van der Waals surface area contributed by atoms with Gasteiger partial charge in [-0.05, 0) is 31.1 Å². The summed E-state index contributed by atoms with van der Waals surface area (Å²) >= 11 is 0. The minimum absolute atomic E-state index is 0.0105. The van der Waals surface area contributed by atoms with Crippen LogP contribution in [0.3, 0.4) is 0 Å². The van der Waals surface area contributed by atoms with Gasteiger partial charge in [0.05, 0.1) is 5.92 Å². The molecule has 6 heteroatoms. The Labute approximate surface area is 120 Å². The first-order valence-electron chi connectivity index (χ1n) is 7.33. The number of carboxylic acid groups (broad SMARTS) is 1. The van der Waals surface area contributed by atoms with E-state index in [1.165, 1.54) is 12.8 Å². The minimum Gasteiger partial charge on any atom is -0.481 e. The average molecular weight is 286 g/mol. The third-order valence-corrected chi connectivity index (χ3v) is 3.41. The molecule has 1 saturated carbocycles. The Morgan fingerprint density at radius 1 is 1.30 bits per heavy atom. The maximum Gasteiger partial charge on any atom is 0.314 e. The first kappa shape index (κ1) is 16.8. The maximum atomic E-state index is 11.5. The van der Waals surface area contributed by atoms with E-state index in [2.05, 4.69) is 10.6 Å². The number of ether oxygens (including phenoxy) is 1. The van der Waals surface area contributed by atoms with Gasteiger partial charge >= 0.3 is 12.0 Å². The number of nitrogens with one attached hydrogen (secondary N) is 2. The lowest BCUT2D eigenvalue weighted by atomic mass is 9.96. The lowest BCUT2D eigenvalue weighted by Gasteiger charge is -2.17. The minimum atomic E-state index is -0.881. The van der Waals surface area contributed by atoms with Crippen molar-refractivity contribution in [2.45, 2.75) is 33.1 Å². The maximum absolute atomic E-state index is 11.5. The number of carbonyl (C=O) groups is 2. The van der Waals surface area contributed by atoms with Crippen molar-refractivity contribution in [1.82, 2.24) is 10.6 Å². The SMILES string of the molecule is CC(C)C(CNC(=O)NCCCOCC1CC1)C(=O)O. The highest BCUT2D eigenvalue weighted by molar-refractivity contribution is 5.75. The Bertz CT molecular complexity index is 316. The van der Waals surface area contributed by atoms with Crippen LogP contribution in [0.25, 0.3) is 0 Å².